The fraction of sp³-hybridized carbons (Fsp3) is 0.300. The molecule has 0 aliphatic carbocycles. The van der Waals surface area contributed by atoms with Crippen LogP contribution in [0.1, 0.15) is 6.92 Å². The summed E-state index contributed by atoms with van der Waals surface area (Å²) in [7, 11) is -2.30. The van der Waals surface area contributed by atoms with Crippen molar-refractivity contribution in [3.8, 4) is 11.4 Å². The molecule has 0 saturated carbocycles. The van der Waals surface area contributed by atoms with Crippen molar-refractivity contribution < 1.29 is 25.8 Å². The lowest BCUT2D eigenvalue weighted by molar-refractivity contribution is -0.0384. The summed E-state index contributed by atoms with van der Waals surface area (Å²) in [5.41, 5.74) is -3.61. The topological polar surface area (TPSA) is 96.0 Å². The summed E-state index contributed by atoms with van der Waals surface area (Å²) in [6, 6.07) is 6.48. The molecule has 0 bridgehead atoms. The lowest BCUT2D eigenvalue weighted by atomic mass is 10.2. The van der Waals surface area contributed by atoms with Gasteiger partial charge in [-0.3, -0.25) is 9.13 Å². The fourth-order valence-corrected chi connectivity index (χ4v) is 5.55. The molecule has 4 rings (SSSR count). The quantitative estimate of drug-likeness (QED) is 0.429. The van der Waals surface area contributed by atoms with Crippen molar-refractivity contribution in [3.63, 3.8) is 0 Å². The van der Waals surface area contributed by atoms with Gasteiger partial charge in [0.1, 0.15) is 5.82 Å². The van der Waals surface area contributed by atoms with E-state index in [0.29, 0.717) is 16.6 Å². The number of imidazole rings is 2. The number of aromatic nitrogens is 4. The Bertz CT molecular complexity index is 1630. The molecule has 4 aromatic rings. The lowest BCUT2D eigenvalue weighted by Crippen LogP contribution is -2.19. The van der Waals surface area contributed by atoms with Gasteiger partial charge in [0.05, 0.1) is 37.6 Å². The molecular weight excluding hydrogens is 481 g/mol. The van der Waals surface area contributed by atoms with Crippen LogP contribution in [0.4, 0.5) is 13.2 Å². The van der Waals surface area contributed by atoms with E-state index in [1.807, 2.05) is 0 Å². The summed E-state index contributed by atoms with van der Waals surface area (Å²) < 4.78 is 80.6. The number of hydrogen-bond donors (Lipinski definition) is 0. The van der Waals surface area contributed by atoms with Crippen LogP contribution in [0.2, 0.25) is 0 Å². The van der Waals surface area contributed by atoms with Crippen LogP contribution in [0.5, 0.6) is 0 Å². The molecule has 176 valence electrons. The maximum Gasteiger partial charge on any atom is 0.475 e. The summed E-state index contributed by atoms with van der Waals surface area (Å²) in [4.78, 5) is 16.3. The van der Waals surface area contributed by atoms with Gasteiger partial charge >= 0.3 is 11.2 Å². The molecule has 0 aliphatic heterocycles. The molecule has 2 aromatic heterocycles. The third-order valence-corrected chi connectivity index (χ3v) is 8.48. The molecule has 2 aromatic carbocycles. The number of nitrogens with zero attached hydrogens (tertiary/aromatic N) is 4. The monoisotopic (exact) mass is 500 g/mol. The average Bonchev–Trinajstić information content (AvgIpc) is 3.20. The maximum absolute atomic E-state index is 12.9. The number of aryl methyl sites for hydroxylation is 3. The van der Waals surface area contributed by atoms with Crippen molar-refractivity contribution in [3.05, 3.63) is 40.8 Å². The SMILES string of the molecule is CCS(=O)(=O)c1cc2c(cc1-c1nc3cc(S(=O)C(F)(F)F)ccc3n1C)n(C)c(=O)n2C. The Morgan fingerprint density at radius 2 is 1.58 bits per heavy atom. The van der Waals surface area contributed by atoms with Gasteiger partial charge in [0, 0.05) is 26.7 Å². The predicted molar refractivity (Wildman–Crippen MR) is 118 cm³/mol. The van der Waals surface area contributed by atoms with Crippen molar-refractivity contribution in [1.29, 1.82) is 0 Å². The van der Waals surface area contributed by atoms with Gasteiger partial charge in [-0.1, -0.05) is 6.92 Å². The third-order valence-electron chi connectivity index (χ3n) is 5.61. The molecule has 1 atom stereocenters. The van der Waals surface area contributed by atoms with Crippen molar-refractivity contribution in [2.75, 3.05) is 5.75 Å². The summed E-state index contributed by atoms with van der Waals surface area (Å²) in [5.74, 6) is -0.0181. The molecule has 0 N–H and O–H groups in total. The number of fused-ring (bicyclic) bond motifs is 2. The highest BCUT2D eigenvalue weighted by molar-refractivity contribution is 7.91. The smallest absolute Gasteiger partial charge is 0.327 e. The van der Waals surface area contributed by atoms with Crippen molar-refractivity contribution in [1.82, 2.24) is 18.7 Å². The predicted octanol–water partition coefficient (Wildman–Crippen LogP) is 2.85. The number of sulfone groups is 1. The van der Waals surface area contributed by atoms with E-state index in [-0.39, 0.29) is 33.2 Å². The van der Waals surface area contributed by atoms with Crippen molar-refractivity contribution in [2.45, 2.75) is 22.2 Å². The minimum Gasteiger partial charge on any atom is -0.327 e. The Morgan fingerprint density at radius 3 is 2.15 bits per heavy atom. The molecule has 0 saturated heterocycles. The molecule has 0 amide bonds. The number of rotatable bonds is 4. The van der Waals surface area contributed by atoms with Crippen LogP contribution < -0.4 is 5.69 Å². The van der Waals surface area contributed by atoms with Gasteiger partial charge in [-0.05, 0) is 30.3 Å². The Balaban J connectivity index is 2.05. The normalized spacial score (nSPS) is 13.8. The van der Waals surface area contributed by atoms with Crippen LogP contribution >= 0.6 is 0 Å². The molecule has 0 radical (unpaired) electrons. The number of benzene rings is 2. The van der Waals surface area contributed by atoms with Crippen LogP contribution in [0.25, 0.3) is 33.5 Å². The molecule has 1 unspecified atom stereocenters. The van der Waals surface area contributed by atoms with E-state index in [2.05, 4.69) is 4.98 Å². The number of alkyl halides is 3. The molecule has 0 fully saturated rings. The first-order valence-electron chi connectivity index (χ1n) is 9.65. The summed E-state index contributed by atoms with van der Waals surface area (Å²) in [6.45, 7) is 1.49. The van der Waals surface area contributed by atoms with Gasteiger partial charge in [-0.2, -0.15) is 13.2 Å². The van der Waals surface area contributed by atoms with E-state index in [1.54, 1.807) is 18.7 Å². The van der Waals surface area contributed by atoms with E-state index in [0.717, 1.165) is 12.1 Å². The molecule has 33 heavy (non-hydrogen) atoms. The number of hydrogen-bond acceptors (Lipinski definition) is 5. The third kappa shape index (κ3) is 3.59. The van der Waals surface area contributed by atoms with Crippen molar-refractivity contribution in [2.24, 2.45) is 21.1 Å². The van der Waals surface area contributed by atoms with Crippen LogP contribution in [0.3, 0.4) is 0 Å². The Kier molecular flexibility index (Phi) is 5.32. The Labute approximate surface area is 188 Å². The van der Waals surface area contributed by atoms with Gasteiger partial charge in [-0.25, -0.2) is 22.4 Å². The summed E-state index contributed by atoms with van der Waals surface area (Å²) in [5, 5.41) is 0. The van der Waals surface area contributed by atoms with Crippen molar-refractivity contribution >= 4 is 42.7 Å². The Morgan fingerprint density at radius 1 is 0.970 bits per heavy atom. The largest absolute Gasteiger partial charge is 0.475 e. The van der Waals surface area contributed by atoms with E-state index < -0.39 is 31.0 Å². The average molecular weight is 501 g/mol. The zero-order chi connectivity index (χ0) is 24.5. The lowest BCUT2D eigenvalue weighted by Gasteiger charge is -2.11. The zero-order valence-corrected chi connectivity index (χ0v) is 19.6. The van der Waals surface area contributed by atoms with Gasteiger partial charge in [0.2, 0.25) is 0 Å². The van der Waals surface area contributed by atoms with Gasteiger partial charge in [0.15, 0.2) is 20.6 Å². The van der Waals surface area contributed by atoms with E-state index in [1.165, 1.54) is 41.3 Å². The minimum absolute atomic E-state index is 0.0452. The van der Waals surface area contributed by atoms with E-state index in [4.69, 9.17) is 0 Å². The van der Waals surface area contributed by atoms with Crippen LogP contribution in [-0.4, -0.2) is 42.6 Å². The second-order valence-electron chi connectivity index (χ2n) is 7.50. The first-order valence-corrected chi connectivity index (χ1v) is 12.5. The van der Waals surface area contributed by atoms with E-state index in [9.17, 15) is 30.6 Å². The van der Waals surface area contributed by atoms with Gasteiger partial charge in [0.25, 0.3) is 0 Å². The molecule has 0 aliphatic rings. The highest BCUT2D eigenvalue weighted by Gasteiger charge is 2.38. The molecule has 13 heteroatoms. The highest BCUT2D eigenvalue weighted by Crippen LogP contribution is 2.34. The fourth-order valence-electron chi connectivity index (χ4n) is 3.78. The molecule has 8 nitrogen and oxygen atoms in total. The van der Waals surface area contributed by atoms with E-state index >= 15 is 0 Å². The summed E-state index contributed by atoms with van der Waals surface area (Å²) >= 11 is 0. The van der Waals surface area contributed by atoms with Crippen LogP contribution in [-0.2, 0) is 41.8 Å². The summed E-state index contributed by atoms with van der Waals surface area (Å²) in [6.07, 6.45) is 0. The standard InChI is InChI=1S/C20H19F3N4O4S2/c1-5-33(30,31)17-10-16-15(26(3)19(28)27(16)4)9-12(17)18-24-13-8-11(32(29)20(21,22)23)6-7-14(13)25(18)2/h6-10H,5H2,1-4H3. The van der Waals surface area contributed by atoms with Gasteiger partial charge < -0.3 is 4.57 Å². The number of halogens is 3. The molecular formula is C20H19F3N4O4S2. The molecule has 0 spiro atoms. The highest BCUT2D eigenvalue weighted by atomic mass is 32.2. The first kappa shape index (κ1) is 23.2. The van der Waals surface area contributed by atoms with Crippen LogP contribution in [0, 0.1) is 0 Å². The van der Waals surface area contributed by atoms with Crippen LogP contribution in [0.15, 0.2) is 44.9 Å². The second-order valence-corrected chi connectivity index (χ2v) is 11.2. The van der Waals surface area contributed by atoms with Gasteiger partial charge in [-0.15, -0.1) is 0 Å². The first-order chi connectivity index (χ1) is 15.3. The minimum atomic E-state index is -4.92. The zero-order valence-electron chi connectivity index (χ0n) is 18.0. The maximum atomic E-state index is 12.9. The molecule has 2 heterocycles. The Hall–Kier alpha value is -2.93. The second kappa shape index (κ2) is 7.55.